The summed E-state index contributed by atoms with van der Waals surface area (Å²) in [6.07, 6.45) is 0.176. The predicted molar refractivity (Wildman–Crippen MR) is 127 cm³/mol. The molecule has 3 aliphatic heterocycles. The van der Waals surface area contributed by atoms with Gasteiger partial charge in [-0.2, -0.15) is 0 Å². The Kier molecular flexibility index (Phi) is 6.20. The van der Waals surface area contributed by atoms with Crippen molar-refractivity contribution in [2.45, 2.75) is 32.0 Å². The molecule has 0 bridgehead atoms. The number of rotatable bonds is 6. The predicted octanol–water partition coefficient (Wildman–Crippen LogP) is 3.39. The number of anilines is 1. The van der Waals surface area contributed by atoms with Gasteiger partial charge in [0.05, 0.1) is 5.69 Å². The van der Waals surface area contributed by atoms with Crippen molar-refractivity contribution in [1.29, 1.82) is 0 Å². The fourth-order valence-electron chi connectivity index (χ4n) is 4.76. The van der Waals surface area contributed by atoms with Crippen LogP contribution in [-0.4, -0.2) is 74.3 Å². The van der Waals surface area contributed by atoms with E-state index in [0.29, 0.717) is 30.5 Å². The number of ether oxygens (including phenoxy) is 4. The summed E-state index contributed by atoms with van der Waals surface area (Å²) in [6.45, 7) is 9.42. The summed E-state index contributed by atoms with van der Waals surface area (Å²) < 4.78 is 23.6. The van der Waals surface area contributed by atoms with Crippen LogP contribution in [0.3, 0.4) is 0 Å². The number of aliphatic hydroxyl groups is 1. The summed E-state index contributed by atoms with van der Waals surface area (Å²) in [5.41, 5.74) is 1.84. The number of benzene rings is 2. The van der Waals surface area contributed by atoms with E-state index in [2.05, 4.69) is 15.9 Å². The third kappa shape index (κ3) is 4.95. The maximum Gasteiger partial charge on any atom is 0.184 e. The molecule has 0 amide bonds. The first-order valence-corrected chi connectivity index (χ1v) is 11.9. The molecule has 1 N–H and O–H groups in total. The van der Waals surface area contributed by atoms with Gasteiger partial charge in [-0.15, -0.1) is 0 Å². The number of hydrogen-bond acceptors (Lipinski definition) is 7. The fourth-order valence-corrected chi connectivity index (χ4v) is 4.99. The molecule has 0 spiro atoms. The molecule has 178 valence electrons. The first-order chi connectivity index (χ1) is 15.9. The summed E-state index contributed by atoms with van der Waals surface area (Å²) >= 11 is 6.27. The Labute approximate surface area is 199 Å². The Morgan fingerprint density at radius 3 is 2.70 bits per heavy atom. The Morgan fingerprint density at radius 2 is 1.88 bits per heavy atom. The number of para-hydroxylation sites is 1. The van der Waals surface area contributed by atoms with Gasteiger partial charge in [0.1, 0.15) is 31.5 Å². The monoisotopic (exact) mass is 474 g/mol. The highest BCUT2D eigenvalue weighted by molar-refractivity contribution is 6.30. The van der Waals surface area contributed by atoms with Crippen LogP contribution in [-0.2, 0) is 6.42 Å². The molecule has 7 nitrogen and oxygen atoms in total. The van der Waals surface area contributed by atoms with Crippen molar-refractivity contribution in [3.8, 4) is 23.0 Å². The quantitative estimate of drug-likeness (QED) is 0.688. The van der Waals surface area contributed by atoms with E-state index < -0.39 is 6.10 Å². The number of β-amino-alcohol motifs (C(OH)–C–C–N with tert-alkyl or cyclic N) is 1. The summed E-state index contributed by atoms with van der Waals surface area (Å²) in [5, 5.41) is 11.3. The topological polar surface area (TPSA) is 63.6 Å². The van der Waals surface area contributed by atoms with Gasteiger partial charge < -0.3 is 29.0 Å². The van der Waals surface area contributed by atoms with Crippen molar-refractivity contribution in [2.24, 2.45) is 0 Å². The lowest BCUT2D eigenvalue weighted by Crippen LogP contribution is -2.49. The molecular weight excluding hydrogens is 444 g/mol. The van der Waals surface area contributed by atoms with Gasteiger partial charge in [0.25, 0.3) is 0 Å². The van der Waals surface area contributed by atoms with Gasteiger partial charge in [-0.1, -0.05) is 17.7 Å². The molecule has 33 heavy (non-hydrogen) atoms. The van der Waals surface area contributed by atoms with Gasteiger partial charge in [-0.25, -0.2) is 0 Å². The number of halogens is 1. The molecule has 3 heterocycles. The Balaban J connectivity index is 1.14. The van der Waals surface area contributed by atoms with Gasteiger partial charge in [-0.3, -0.25) is 4.90 Å². The molecular formula is C25H31ClN2O5. The molecule has 8 heteroatoms. The molecule has 1 unspecified atom stereocenters. The van der Waals surface area contributed by atoms with Gasteiger partial charge in [0.2, 0.25) is 0 Å². The summed E-state index contributed by atoms with van der Waals surface area (Å²) in [5.74, 6) is 2.99. The minimum absolute atomic E-state index is 0.189. The molecule has 0 radical (unpaired) electrons. The van der Waals surface area contributed by atoms with Crippen molar-refractivity contribution in [1.82, 2.24) is 4.90 Å². The van der Waals surface area contributed by atoms with E-state index in [1.54, 1.807) is 6.07 Å². The van der Waals surface area contributed by atoms with Crippen molar-refractivity contribution in [3.63, 3.8) is 0 Å². The normalized spacial score (nSPS) is 20.2. The number of nitrogens with zero attached hydrogens (tertiary/aromatic N) is 2. The van der Waals surface area contributed by atoms with Gasteiger partial charge in [0.15, 0.2) is 23.0 Å². The zero-order valence-electron chi connectivity index (χ0n) is 19.2. The van der Waals surface area contributed by atoms with Crippen LogP contribution >= 0.6 is 11.6 Å². The van der Waals surface area contributed by atoms with Crippen LogP contribution in [0, 0.1) is 0 Å². The van der Waals surface area contributed by atoms with E-state index in [9.17, 15) is 5.11 Å². The standard InChI is InChI=1S/C25H31ClN2O5/c1-25(2)14-17-12-18(26)13-22(23(17)33-25)32-16-19(29)15-27-6-8-28(9-7-27)20-4-3-5-21-24(20)31-11-10-30-21/h3-5,12-13,19,29H,6-11,14-16H2,1-2H3. The number of aliphatic hydroxyl groups excluding tert-OH is 1. The molecule has 0 saturated carbocycles. The zero-order chi connectivity index (χ0) is 23.0. The minimum atomic E-state index is -0.609. The second-order valence-corrected chi connectivity index (χ2v) is 9.92. The van der Waals surface area contributed by atoms with E-state index in [-0.39, 0.29) is 12.2 Å². The lowest BCUT2D eigenvalue weighted by atomic mass is 10.0. The fraction of sp³-hybridized carbons (Fsp3) is 0.520. The van der Waals surface area contributed by atoms with Crippen molar-refractivity contribution >= 4 is 17.3 Å². The molecule has 2 aromatic carbocycles. The maximum absolute atomic E-state index is 10.6. The lowest BCUT2D eigenvalue weighted by molar-refractivity contribution is 0.0631. The molecule has 1 atom stereocenters. The average Bonchev–Trinajstić information content (AvgIpc) is 3.11. The number of fused-ring (bicyclic) bond motifs is 2. The molecule has 1 saturated heterocycles. The molecule has 1 fully saturated rings. The van der Waals surface area contributed by atoms with Crippen molar-refractivity contribution < 1.29 is 24.1 Å². The molecule has 5 rings (SSSR count). The Hall–Kier alpha value is -2.35. The Bertz CT molecular complexity index is 1010. The van der Waals surface area contributed by atoms with Crippen LogP contribution < -0.4 is 23.8 Å². The first kappa shape index (κ1) is 22.4. The van der Waals surface area contributed by atoms with Crippen LogP contribution in [0.15, 0.2) is 30.3 Å². The van der Waals surface area contributed by atoms with Crippen molar-refractivity contribution in [3.05, 3.63) is 40.9 Å². The maximum atomic E-state index is 10.6. The Morgan fingerprint density at radius 1 is 1.09 bits per heavy atom. The van der Waals surface area contributed by atoms with Crippen LogP contribution in [0.2, 0.25) is 5.02 Å². The average molecular weight is 475 g/mol. The highest BCUT2D eigenvalue weighted by Crippen LogP contribution is 2.44. The van der Waals surface area contributed by atoms with E-state index in [1.807, 2.05) is 32.0 Å². The SMILES string of the molecule is CC1(C)Cc2cc(Cl)cc(OCC(O)CN3CCN(c4cccc5c4OCCO5)CC3)c2O1. The first-order valence-electron chi connectivity index (χ1n) is 11.6. The van der Waals surface area contributed by atoms with E-state index in [0.717, 1.165) is 61.1 Å². The zero-order valence-corrected chi connectivity index (χ0v) is 19.9. The largest absolute Gasteiger partial charge is 0.487 e. The van der Waals surface area contributed by atoms with E-state index >= 15 is 0 Å². The van der Waals surface area contributed by atoms with Crippen LogP contribution in [0.5, 0.6) is 23.0 Å². The minimum Gasteiger partial charge on any atom is -0.487 e. The summed E-state index contributed by atoms with van der Waals surface area (Å²) in [6, 6.07) is 9.73. The van der Waals surface area contributed by atoms with E-state index in [4.69, 9.17) is 30.5 Å². The van der Waals surface area contributed by atoms with Gasteiger partial charge >= 0.3 is 0 Å². The highest BCUT2D eigenvalue weighted by Gasteiger charge is 2.33. The summed E-state index contributed by atoms with van der Waals surface area (Å²) in [4.78, 5) is 4.58. The third-order valence-electron chi connectivity index (χ3n) is 6.25. The summed E-state index contributed by atoms with van der Waals surface area (Å²) in [7, 11) is 0. The van der Waals surface area contributed by atoms with Crippen LogP contribution in [0.1, 0.15) is 19.4 Å². The van der Waals surface area contributed by atoms with Gasteiger partial charge in [0, 0.05) is 55.8 Å². The molecule has 0 aromatic heterocycles. The second kappa shape index (κ2) is 9.12. The number of hydrogen-bond donors (Lipinski definition) is 1. The highest BCUT2D eigenvalue weighted by atomic mass is 35.5. The van der Waals surface area contributed by atoms with Crippen LogP contribution in [0.25, 0.3) is 0 Å². The van der Waals surface area contributed by atoms with Crippen LogP contribution in [0.4, 0.5) is 5.69 Å². The number of piperazine rings is 1. The smallest absolute Gasteiger partial charge is 0.184 e. The van der Waals surface area contributed by atoms with Gasteiger partial charge in [-0.05, 0) is 32.0 Å². The molecule has 0 aliphatic carbocycles. The van der Waals surface area contributed by atoms with E-state index in [1.165, 1.54) is 0 Å². The van der Waals surface area contributed by atoms with Crippen molar-refractivity contribution in [2.75, 3.05) is 57.4 Å². The molecule has 2 aromatic rings. The third-order valence-corrected chi connectivity index (χ3v) is 6.47. The second-order valence-electron chi connectivity index (χ2n) is 9.48. The lowest BCUT2D eigenvalue weighted by Gasteiger charge is -2.38. The molecule has 3 aliphatic rings.